The Kier molecular flexibility index (Phi) is 5.39. The molecule has 1 aliphatic rings. The SMILES string of the molecule is Cc1cc(F)ccc1CC1(CNCC(C)C)CCOC1C. The van der Waals surface area contributed by atoms with E-state index in [4.69, 9.17) is 4.74 Å². The van der Waals surface area contributed by atoms with Crippen LogP contribution in [-0.4, -0.2) is 25.8 Å². The quantitative estimate of drug-likeness (QED) is 0.863. The van der Waals surface area contributed by atoms with E-state index in [0.717, 1.165) is 38.1 Å². The third-order valence-corrected chi connectivity index (χ3v) is 4.71. The van der Waals surface area contributed by atoms with Crippen LogP contribution in [0.25, 0.3) is 0 Å². The van der Waals surface area contributed by atoms with E-state index in [1.807, 2.05) is 13.0 Å². The van der Waals surface area contributed by atoms with E-state index in [0.29, 0.717) is 5.92 Å². The van der Waals surface area contributed by atoms with Crippen LogP contribution < -0.4 is 5.32 Å². The van der Waals surface area contributed by atoms with Crippen molar-refractivity contribution >= 4 is 0 Å². The van der Waals surface area contributed by atoms with Gasteiger partial charge in [0.05, 0.1) is 6.10 Å². The molecule has 21 heavy (non-hydrogen) atoms. The summed E-state index contributed by atoms with van der Waals surface area (Å²) in [5.41, 5.74) is 2.40. The van der Waals surface area contributed by atoms with Gasteiger partial charge in [-0.15, -0.1) is 0 Å². The average molecular weight is 293 g/mol. The molecule has 0 bridgehead atoms. The molecule has 0 saturated carbocycles. The number of rotatable bonds is 6. The lowest BCUT2D eigenvalue weighted by atomic mass is 9.75. The van der Waals surface area contributed by atoms with E-state index in [9.17, 15) is 4.39 Å². The molecule has 1 fully saturated rings. The lowest BCUT2D eigenvalue weighted by Crippen LogP contribution is -2.42. The second-order valence-corrected chi connectivity index (χ2v) is 6.90. The number of nitrogens with one attached hydrogen (secondary N) is 1. The van der Waals surface area contributed by atoms with Crippen LogP contribution in [0.5, 0.6) is 0 Å². The fraction of sp³-hybridized carbons (Fsp3) is 0.667. The van der Waals surface area contributed by atoms with Gasteiger partial charge in [0, 0.05) is 18.6 Å². The van der Waals surface area contributed by atoms with Crippen LogP contribution in [-0.2, 0) is 11.2 Å². The zero-order chi connectivity index (χ0) is 15.5. The second-order valence-electron chi connectivity index (χ2n) is 6.90. The molecular weight excluding hydrogens is 265 g/mol. The van der Waals surface area contributed by atoms with Gasteiger partial charge in [-0.3, -0.25) is 0 Å². The van der Waals surface area contributed by atoms with E-state index < -0.39 is 0 Å². The van der Waals surface area contributed by atoms with Crippen LogP contribution in [0.1, 0.15) is 38.3 Å². The van der Waals surface area contributed by atoms with E-state index in [1.54, 1.807) is 12.1 Å². The number of aryl methyl sites for hydroxylation is 1. The van der Waals surface area contributed by atoms with Crippen molar-refractivity contribution in [2.24, 2.45) is 11.3 Å². The van der Waals surface area contributed by atoms with Gasteiger partial charge in [-0.2, -0.15) is 0 Å². The summed E-state index contributed by atoms with van der Waals surface area (Å²) in [6.07, 6.45) is 2.25. The maximum Gasteiger partial charge on any atom is 0.123 e. The lowest BCUT2D eigenvalue weighted by Gasteiger charge is -2.33. The number of hydrogen-bond donors (Lipinski definition) is 1. The maximum absolute atomic E-state index is 13.3. The molecule has 3 heteroatoms. The predicted molar refractivity (Wildman–Crippen MR) is 85.0 cm³/mol. The molecule has 1 saturated heterocycles. The minimum absolute atomic E-state index is 0.122. The molecule has 2 rings (SSSR count). The fourth-order valence-corrected chi connectivity index (χ4v) is 3.19. The zero-order valence-corrected chi connectivity index (χ0v) is 13.7. The van der Waals surface area contributed by atoms with Crippen molar-refractivity contribution in [1.29, 1.82) is 0 Å². The van der Waals surface area contributed by atoms with E-state index in [2.05, 4.69) is 26.1 Å². The first-order chi connectivity index (χ1) is 9.93. The standard InChI is InChI=1S/C18H28FNO/c1-13(2)11-20-12-18(7-8-21-15(18)4)10-16-5-6-17(19)9-14(16)3/h5-6,9,13,15,20H,7-8,10-12H2,1-4H3. The Morgan fingerprint density at radius 3 is 2.76 bits per heavy atom. The van der Waals surface area contributed by atoms with Crippen molar-refractivity contribution in [3.63, 3.8) is 0 Å². The van der Waals surface area contributed by atoms with Gasteiger partial charge < -0.3 is 10.1 Å². The molecule has 0 radical (unpaired) electrons. The van der Waals surface area contributed by atoms with Crippen molar-refractivity contribution in [2.75, 3.05) is 19.7 Å². The van der Waals surface area contributed by atoms with Crippen molar-refractivity contribution in [3.05, 3.63) is 35.1 Å². The number of halogens is 1. The summed E-state index contributed by atoms with van der Waals surface area (Å²) in [6, 6.07) is 5.13. The van der Waals surface area contributed by atoms with Gasteiger partial charge in [-0.25, -0.2) is 4.39 Å². The summed E-state index contributed by atoms with van der Waals surface area (Å²) >= 11 is 0. The second kappa shape index (κ2) is 6.89. The van der Waals surface area contributed by atoms with E-state index in [-0.39, 0.29) is 17.3 Å². The van der Waals surface area contributed by atoms with Crippen molar-refractivity contribution in [2.45, 2.75) is 46.6 Å². The largest absolute Gasteiger partial charge is 0.378 e. The summed E-state index contributed by atoms with van der Waals surface area (Å²) in [5.74, 6) is 0.492. The minimum Gasteiger partial charge on any atom is -0.378 e. The highest BCUT2D eigenvalue weighted by molar-refractivity contribution is 5.28. The van der Waals surface area contributed by atoms with Gasteiger partial charge in [-0.1, -0.05) is 19.9 Å². The summed E-state index contributed by atoms with van der Waals surface area (Å²) < 4.78 is 19.1. The lowest BCUT2D eigenvalue weighted by molar-refractivity contribution is 0.0626. The Labute approximate surface area is 128 Å². The molecule has 1 aromatic rings. The molecule has 118 valence electrons. The molecule has 0 amide bonds. The molecular formula is C18H28FNO. The minimum atomic E-state index is -0.154. The molecule has 0 aromatic heterocycles. The molecule has 1 heterocycles. The molecule has 1 aromatic carbocycles. The summed E-state index contributed by atoms with van der Waals surface area (Å²) in [4.78, 5) is 0. The van der Waals surface area contributed by atoms with Gasteiger partial charge in [0.15, 0.2) is 0 Å². The topological polar surface area (TPSA) is 21.3 Å². The first-order valence-corrected chi connectivity index (χ1v) is 8.00. The van der Waals surface area contributed by atoms with E-state index in [1.165, 1.54) is 5.56 Å². The Morgan fingerprint density at radius 1 is 1.43 bits per heavy atom. The zero-order valence-electron chi connectivity index (χ0n) is 13.7. The highest BCUT2D eigenvalue weighted by Gasteiger charge is 2.41. The van der Waals surface area contributed by atoms with Gasteiger partial charge >= 0.3 is 0 Å². The average Bonchev–Trinajstić information content (AvgIpc) is 2.74. The molecule has 2 nitrogen and oxygen atoms in total. The number of ether oxygens (including phenoxy) is 1. The fourth-order valence-electron chi connectivity index (χ4n) is 3.19. The molecule has 0 aliphatic carbocycles. The Bertz CT molecular complexity index is 474. The Balaban J connectivity index is 2.12. The molecule has 1 aliphatic heterocycles. The van der Waals surface area contributed by atoms with Gasteiger partial charge in [0.1, 0.15) is 5.82 Å². The first-order valence-electron chi connectivity index (χ1n) is 8.00. The summed E-state index contributed by atoms with van der Waals surface area (Å²) in [6.45, 7) is 11.4. The molecule has 2 atom stereocenters. The van der Waals surface area contributed by atoms with Crippen LogP contribution in [0.3, 0.4) is 0 Å². The van der Waals surface area contributed by atoms with Crippen molar-refractivity contribution in [3.8, 4) is 0 Å². The van der Waals surface area contributed by atoms with Crippen LogP contribution >= 0.6 is 0 Å². The summed E-state index contributed by atoms with van der Waals surface area (Å²) in [5, 5.41) is 3.60. The predicted octanol–water partition coefficient (Wildman–Crippen LogP) is 3.72. The Hall–Kier alpha value is -0.930. The highest BCUT2D eigenvalue weighted by atomic mass is 19.1. The Morgan fingerprint density at radius 2 is 2.19 bits per heavy atom. The highest BCUT2D eigenvalue weighted by Crippen LogP contribution is 2.38. The van der Waals surface area contributed by atoms with Crippen molar-refractivity contribution < 1.29 is 9.13 Å². The van der Waals surface area contributed by atoms with Gasteiger partial charge in [0.2, 0.25) is 0 Å². The van der Waals surface area contributed by atoms with Crippen LogP contribution in [0.2, 0.25) is 0 Å². The normalized spacial score (nSPS) is 25.7. The third-order valence-electron chi connectivity index (χ3n) is 4.71. The molecule has 2 unspecified atom stereocenters. The van der Waals surface area contributed by atoms with Gasteiger partial charge in [0.25, 0.3) is 0 Å². The van der Waals surface area contributed by atoms with E-state index >= 15 is 0 Å². The van der Waals surface area contributed by atoms with Gasteiger partial charge in [-0.05, 0) is 62.4 Å². The summed E-state index contributed by atoms with van der Waals surface area (Å²) in [7, 11) is 0. The van der Waals surface area contributed by atoms with Crippen LogP contribution in [0.4, 0.5) is 4.39 Å². The molecule has 1 N–H and O–H groups in total. The third kappa shape index (κ3) is 4.04. The number of benzene rings is 1. The first kappa shape index (κ1) is 16.4. The smallest absolute Gasteiger partial charge is 0.123 e. The van der Waals surface area contributed by atoms with Crippen molar-refractivity contribution in [1.82, 2.24) is 5.32 Å². The molecule has 0 spiro atoms. The maximum atomic E-state index is 13.3. The van der Waals surface area contributed by atoms with Crippen LogP contribution in [0.15, 0.2) is 18.2 Å². The number of hydrogen-bond acceptors (Lipinski definition) is 2. The monoisotopic (exact) mass is 293 g/mol. The van der Waals surface area contributed by atoms with Crippen LogP contribution in [0, 0.1) is 24.1 Å².